The molecule has 9 heteroatoms. The van der Waals surface area contributed by atoms with E-state index in [1.54, 1.807) is 10.9 Å². The lowest BCUT2D eigenvalue weighted by atomic mass is 10.0. The van der Waals surface area contributed by atoms with E-state index in [0.717, 1.165) is 49.3 Å². The molecule has 0 radical (unpaired) electrons. The molecule has 4 rings (SSSR count). The largest absolute Gasteiger partial charge is 0.332 e. The molecule has 142 valence electrons. The number of aromatic nitrogens is 4. The Labute approximate surface area is 162 Å². The van der Waals surface area contributed by atoms with Crippen molar-refractivity contribution >= 4 is 23.2 Å². The van der Waals surface area contributed by atoms with Gasteiger partial charge in [0, 0.05) is 32.4 Å². The molecule has 0 saturated carbocycles. The molecule has 0 spiro atoms. The van der Waals surface area contributed by atoms with Gasteiger partial charge in [-0.05, 0) is 43.9 Å². The zero-order valence-corrected chi connectivity index (χ0v) is 16.0. The molecule has 0 aliphatic carbocycles. The average Bonchev–Trinajstić information content (AvgIpc) is 3.32. The lowest BCUT2D eigenvalue weighted by molar-refractivity contribution is 0.163. The van der Waals surface area contributed by atoms with Gasteiger partial charge in [-0.2, -0.15) is 0 Å². The standard InChI is InChI=1S/C18H22ClN7O/c1-13-16(21-23-26(13)15-5-4-8-20-17(15)19)14-6-11-24(12-7-14)18(27)22-25-9-2-3-10-25/h4-6,8H,2-3,7,9-12H2,1H3,(H,22,27). The summed E-state index contributed by atoms with van der Waals surface area (Å²) in [6, 6.07) is 3.65. The molecular weight excluding hydrogens is 366 g/mol. The van der Waals surface area contributed by atoms with E-state index in [1.807, 2.05) is 29.0 Å². The molecule has 8 nitrogen and oxygen atoms in total. The third-order valence-electron chi connectivity index (χ3n) is 5.02. The minimum absolute atomic E-state index is 0.0327. The Morgan fingerprint density at radius 1 is 1.26 bits per heavy atom. The van der Waals surface area contributed by atoms with Crippen molar-refractivity contribution in [2.45, 2.75) is 26.2 Å². The normalized spacial score (nSPS) is 17.9. The number of carbonyl (C=O) groups is 1. The van der Waals surface area contributed by atoms with Gasteiger partial charge in [0.2, 0.25) is 0 Å². The highest BCUT2D eigenvalue weighted by molar-refractivity contribution is 6.31. The summed E-state index contributed by atoms with van der Waals surface area (Å²) >= 11 is 6.18. The van der Waals surface area contributed by atoms with Crippen LogP contribution in [0.1, 0.15) is 30.7 Å². The van der Waals surface area contributed by atoms with Gasteiger partial charge in [-0.1, -0.05) is 22.9 Å². The lowest BCUT2D eigenvalue weighted by Crippen LogP contribution is -2.49. The minimum Gasteiger partial charge on any atom is -0.320 e. The molecule has 2 aliphatic heterocycles. The maximum absolute atomic E-state index is 12.4. The van der Waals surface area contributed by atoms with Gasteiger partial charge >= 0.3 is 6.03 Å². The van der Waals surface area contributed by atoms with E-state index in [1.165, 1.54) is 0 Å². The van der Waals surface area contributed by atoms with Gasteiger partial charge in [-0.3, -0.25) is 5.43 Å². The fourth-order valence-electron chi connectivity index (χ4n) is 3.49. The van der Waals surface area contributed by atoms with E-state index in [-0.39, 0.29) is 6.03 Å². The van der Waals surface area contributed by atoms with E-state index in [0.29, 0.717) is 23.9 Å². The quantitative estimate of drug-likeness (QED) is 0.818. The third-order valence-corrected chi connectivity index (χ3v) is 5.31. The first-order valence-corrected chi connectivity index (χ1v) is 9.54. The fourth-order valence-corrected chi connectivity index (χ4v) is 3.69. The Kier molecular flexibility index (Phi) is 5.09. The van der Waals surface area contributed by atoms with Gasteiger partial charge in [0.15, 0.2) is 5.15 Å². The number of amides is 2. The molecule has 2 aliphatic rings. The van der Waals surface area contributed by atoms with Crippen LogP contribution in [-0.2, 0) is 0 Å². The number of carbonyl (C=O) groups excluding carboxylic acids is 1. The molecule has 0 atom stereocenters. The SMILES string of the molecule is Cc1c(C2=CCN(C(=O)NN3CCCC3)CC2)nnn1-c1cccnc1Cl. The van der Waals surface area contributed by atoms with E-state index in [4.69, 9.17) is 11.6 Å². The fraction of sp³-hybridized carbons (Fsp3) is 0.444. The zero-order chi connectivity index (χ0) is 18.8. The maximum atomic E-state index is 12.4. The van der Waals surface area contributed by atoms with Crippen LogP contribution in [0.25, 0.3) is 11.3 Å². The van der Waals surface area contributed by atoms with Crippen molar-refractivity contribution in [2.24, 2.45) is 0 Å². The average molecular weight is 388 g/mol. The number of rotatable bonds is 3. The Bertz CT molecular complexity index is 872. The van der Waals surface area contributed by atoms with Crippen LogP contribution in [0.15, 0.2) is 24.4 Å². The number of hydrazine groups is 1. The van der Waals surface area contributed by atoms with Crippen LogP contribution in [0.2, 0.25) is 5.15 Å². The minimum atomic E-state index is -0.0327. The van der Waals surface area contributed by atoms with Gasteiger partial charge in [0.1, 0.15) is 11.4 Å². The van der Waals surface area contributed by atoms with Crippen molar-refractivity contribution < 1.29 is 4.79 Å². The first-order chi connectivity index (χ1) is 13.1. The van der Waals surface area contributed by atoms with Gasteiger partial charge in [-0.25, -0.2) is 19.5 Å². The molecule has 2 aromatic heterocycles. The number of hydrogen-bond acceptors (Lipinski definition) is 5. The van der Waals surface area contributed by atoms with Crippen molar-refractivity contribution in [1.29, 1.82) is 0 Å². The van der Waals surface area contributed by atoms with Crippen molar-refractivity contribution in [3.8, 4) is 5.69 Å². The molecule has 0 aromatic carbocycles. The van der Waals surface area contributed by atoms with E-state index < -0.39 is 0 Å². The molecular formula is C18H22ClN7O. The Balaban J connectivity index is 1.47. The Hall–Kier alpha value is -2.45. The molecule has 4 heterocycles. The highest BCUT2D eigenvalue weighted by Crippen LogP contribution is 2.26. The number of nitrogens with one attached hydrogen (secondary N) is 1. The first-order valence-electron chi connectivity index (χ1n) is 9.16. The van der Waals surface area contributed by atoms with Crippen LogP contribution in [0, 0.1) is 6.92 Å². The van der Waals surface area contributed by atoms with Gasteiger partial charge < -0.3 is 4.90 Å². The number of halogens is 1. The summed E-state index contributed by atoms with van der Waals surface area (Å²) in [4.78, 5) is 18.3. The Morgan fingerprint density at radius 2 is 2.07 bits per heavy atom. The Morgan fingerprint density at radius 3 is 2.78 bits per heavy atom. The summed E-state index contributed by atoms with van der Waals surface area (Å²) < 4.78 is 1.71. The predicted octanol–water partition coefficient (Wildman–Crippen LogP) is 2.43. The lowest BCUT2D eigenvalue weighted by Gasteiger charge is -2.28. The molecule has 2 aromatic rings. The zero-order valence-electron chi connectivity index (χ0n) is 15.2. The number of hydrogen-bond donors (Lipinski definition) is 1. The van der Waals surface area contributed by atoms with Crippen molar-refractivity contribution in [1.82, 2.24) is 35.3 Å². The number of pyridine rings is 1. The van der Waals surface area contributed by atoms with E-state index in [2.05, 4.69) is 26.8 Å². The van der Waals surface area contributed by atoms with Crippen molar-refractivity contribution in [3.05, 3.63) is 40.9 Å². The smallest absolute Gasteiger partial charge is 0.320 e. The second kappa shape index (κ2) is 7.66. The molecule has 0 unspecified atom stereocenters. The second-order valence-corrected chi connectivity index (χ2v) is 7.14. The molecule has 1 N–H and O–H groups in total. The van der Waals surface area contributed by atoms with Crippen LogP contribution < -0.4 is 5.43 Å². The summed E-state index contributed by atoms with van der Waals surface area (Å²) in [5, 5.41) is 11.0. The predicted molar refractivity (Wildman–Crippen MR) is 102 cm³/mol. The summed E-state index contributed by atoms with van der Waals surface area (Å²) in [6.07, 6.45) is 6.72. The second-order valence-electron chi connectivity index (χ2n) is 6.79. The molecule has 1 fully saturated rings. The molecule has 1 saturated heterocycles. The van der Waals surface area contributed by atoms with Crippen LogP contribution in [0.4, 0.5) is 4.79 Å². The first kappa shape index (κ1) is 17.9. The van der Waals surface area contributed by atoms with Crippen molar-refractivity contribution in [2.75, 3.05) is 26.2 Å². The summed E-state index contributed by atoms with van der Waals surface area (Å²) in [7, 11) is 0. The van der Waals surface area contributed by atoms with Gasteiger partial charge in [0.05, 0.1) is 5.69 Å². The topological polar surface area (TPSA) is 79.2 Å². The highest BCUT2D eigenvalue weighted by atomic mass is 35.5. The van der Waals surface area contributed by atoms with Gasteiger partial charge in [-0.15, -0.1) is 5.10 Å². The maximum Gasteiger partial charge on any atom is 0.332 e. The van der Waals surface area contributed by atoms with Crippen LogP contribution in [0.5, 0.6) is 0 Å². The molecule has 27 heavy (non-hydrogen) atoms. The summed E-state index contributed by atoms with van der Waals surface area (Å²) in [5.41, 5.74) is 6.54. The third kappa shape index (κ3) is 3.68. The highest BCUT2D eigenvalue weighted by Gasteiger charge is 2.23. The van der Waals surface area contributed by atoms with Crippen LogP contribution in [0.3, 0.4) is 0 Å². The number of urea groups is 1. The molecule has 2 amide bonds. The van der Waals surface area contributed by atoms with Crippen LogP contribution >= 0.6 is 11.6 Å². The van der Waals surface area contributed by atoms with E-state index >= 15 is 0 Å². The van der Waals surface area contributed by atoms with E-state index in [9.17, 15) is 4.79 Å². The van der Waals surface area contributed by atoms with Crippen LogP contribution in [-0.4, -0.2) is 62.1 Å². The number of nitrogens with zero attached hydrogens (tertiary/aromatic N) is 6. The van der Waals surface area contributed by atoms with Gasteiger partial charge in [0.25, 0.3) is 0 Å². The molecule has 0 bridgehead atoms. The van der Waals surface area contributed by atoms with Crippen molar-refractivity contribution in [3.63, 3.8) is 0 Å². The monoisotopic (exact) mass is 387 g/mol. The summed E-state index contributed by atoms with van der Waals surface area (Å²) in [6.45, 7) is 5.05. The summed E-state index contributed by atoms with van der Waals surface area (Å²) in [5.74, 6) is 0.